The Kier molecular flexibility index (Phi) is 10.8. The highest BCUT2D eigenvalue weighted by Gasteiger charge is 2.44. The number of rotatable bonds is 11. The summed E-state index contributed by atoms with van der Waals surface area (Å²) in [4.78, 5) is 2.58. The number of unbranched alkanes of at least 4 members (excludes halogenated alkanes) is 2. The molecule has 2 N–H and O–H groups in total. The highest BCUT2D eigenvalue weighted by atomic mass is 16.3. The fourth-order valence-electron chi connectivity index (χ4n) is 5.61. The molecule has 0 radical (unpaired) electrons. The summed E-state index contributed by atoms with van der Waals surface area (Å²) in [5, 5.41) is 21.0. The zero-order valence-electron chi connectivity index (χ0n) is 20.8. The first kappa shape index (κ1) is 26.2. The average molecular weight is 430 g/mol. The molecular weight excluding hydrogens is 382 g/mol. The second kappa shape index (κ2) is 12.8. The molecule has 2 aliphatic rings. The van der Waals surface area contributed by atoms with Crippen LogP contribution in [0.3, 0.4) is 0 Å². The topological polar surface area (TPSA) is 43.7 Å². The Balaban J connectivity index is 1.81. The maximum Gasteiger partial charge on any atom is 0.0755 e. The van der Waals surface area contributed by atoms with Crippen molar-refractivity contribution in [3.8, 4) is 11.8 Å². The van der Waals surface area contributed by atoms with Gasteiger partial charge in [0.25, 0.3) is 0 Å². The van der Waals surface area contributed by atoms with E-state index in [0.29, 0.717) is 30.3 Å². The van der Waals surface area contributed by atoms with Crippen molar-refractivity contribution >= 4 is 0 Å². The smallest absolute Gasteiger partial charge is 0.0755 e. The van der Waals surface area contributed by atoms with Gasteiger partial charge in [-0.2, -0.15) is 0 Å². The molecule has 0 aromatic carbocycles. The first-order chi connectivity index (χ1) is 14.7. The highest BCUT2D eigenvalue weighted by molar-refractivity contribution is 5.18. The number of aliphatic hydroxyl groups excluding tert-OH is 2. The molecule has 0 bridgehead atoms. The monoisotopic (exact) mass is 429 g/mol. The third-order valence-electron chi connectivity index (χ3n) is 7.46. The molecule has 0 amide bonds. The SMILES string of the molecule is CC#CC[C@H](C)[C@H](O)/C=C/[C@@H]1[C@H]2C/C(=C/CCCCN(C(C)C)C(C)C)C[C@H]2C[C@H]1O. The molecule has 0 aromatic rings. The van der Waals surface area contributed by atoms with Crippen molar-refractivity contribution in [3.63, 3.8) is 0 Å². The molecule has 31 heavy (non-hydrogen) atoms. The van der Waals surface area contributed by atoms with Crippen molar-refractivity contribution in [2.75, 3.05) is 6.54 Å². The molecular formula is C28H47NO2. The van der Waals surface area contributed by atoms with Gasteiger partial charge in [0.2, 0.25) is 0 Å². The fraction of sp³-hybridized carbons (Fsp3) is 0.786. The van der Waals surface area contributed by atoms with Crippen LogP contribution in [0.15, 0.2) is 23.8 Å². The van der Waals surface area contributed by atoms with Crippen molar-refractivity contribution in [2.45, 2.75) is 111 Å². The summed E-state index contributed by atoms with van der Waals surface area (Å²) >= 11 is 0. The summed E-state index contributed by atoms with van der Waals surface area (Å²) < 4.78 is 0. The highest BCUT2D eigenvalue weighted by Crippen LogP contribution is 2.50. The van der Waals surface area contributed by atoms with Gasteiger partial charge in [0.05, 0.1) is 12.2 Å². The Hall–Kier alpha value is -1.08. The number of hydrogen-bond donors (Lipinski definition) is 2. The van der Waals surface area contributed by atoms with Gasteiger partial charge in [-0.1, -0.05) is 30.7 Å². The van der Waals surface area contributed by atoms with Crippen molar-refractivity contribution in [1.29, 1.82) is 0 Å². The van der Waals surface area contributed by atoms with Crippen LogP contribution >= 0.6 is 0 Å². The Morgan fingerprint density at radius 3 is 2.45 bits per heavy atom. The van der Waals surface area contributed by atoms with Crippen LogP contribution < -0.4 is 0 Å². The molecule has 2 fully saturated rings. The van der Waals surface area contributed by atoms with Crippen LogP contribution in [0.2, 0.25) is 0 Å². The Bertz CT molecular complexity index is 646. The minimum Gasteiger partial charge on any atom is -0.392 e. The zero-order chi connectivity index (χ0) is 23.0. The Morgan fingerprint density at radius 1 is 1.10 bits per heavy atom. The number of hydrogen-bond acceptors (Lipinski definition) is 3. The maximum absolute atomic E-state index is 10.6. The van der Waals surface area contributed by atoms with Gasteiger partial charge in [-0.15, -0.1) is 11.8 Å². The number of allylic oxidation sites excluding steroid dienone is 2. The van der Waals surface area contributed by atoms with E-state index in [4.69, 9.17) is 0 Å². The summed E-state index contributed by atoms with van der Waals surface area (Å²) in [6.07, 6.45) is 13.3. The molecule has 0 aromatic heterocycles. The number of nitrogens with zero attached hydrogens (tertiary/aromatic N) is 1. The molecule has 176 valence electrons. The lowest BCUT2D eigenvalue weighted by atomic mass is 9.89. The van der Waals surface area contributed by atoms with Crippen LogP contribution in [0, 0.1) is 35.5 Å². The quantitative estimate of drug-likeness (QED) is 0.256. The van der Waals surface area contributed by atoms with E-state index >= 15 is 0 Å². The molecule has 0 saturated heterocycles. The third-order valence-corrected chi connectivity index (χ3v) is 7.46. The summed E-state index contributed by atoms with van der Waals surface area (Å²) in [6, 6.07) is 1.23. The van der Waals surface area contributed by atoms with Crippen molar-refractivity contribution in [1.82, 2.24) is 4.90 Å². The van der Waals surface area contributed by atoms with E-state index in [9.17, 15) is 10.2 Å². The zero-order valence-corrected chi connectivity index (χ0v) is 20.8. The molecule has 0 aliphatic heterocycles. The van der Waals surface area contributed by atoms with E-state index in [0.717, 1.165) is 19.3 Å². The first-order valence-electron chi connectivity index (χ1n) is 12.6. The van der Waals surface area contributed by atoms with E-state index in [2.05, 4.69) is 56.6 Å². The minimum atomic E-state index is -0.486. The van der Waals surface area contributed by atoms with Gasteiger partial charge in [0, 0.05) is 24.4 Å². The van der Waals surface area contributed by atoms with Crippen molar-refractivity contribution in [2.24, 2.45) is 23.7 Å². The van der Waals surface area contributed by atoms with Gasteiger partial charge in [-0.05, 0) is 97.4 Å². The van der Waals surface area contributed by atoms with Gasteiger partial charge >= 0.3 is 0 Å². The Morgan fingerprint density at radius 2 is 1.81 bits per heavy atom. The standard InChI is InChI=1S/C28H47NO2/c1-7-8-12-22(6)27(30)15-14-25-26-18-23(17-24(26)19-28(25)31)13-10-9-11-16-29(20(2)3)21(4)5/h13-15,20-22,24-28,30-31H,9-12,16-19H2,1-6H3/b15-14+,23-13+/t22-,24-,25+,26-,27+,28+/m0/s1. The van der Waals surface area contributed by atoms with E-state index in [-0.39, 0.29) is 17.9 Å². The molecule has 3 nitrogen and oxygen atoms in total. The van der Waals surface area contributed by atoms with Gasteiger partial charge in [0.15, 0.2) is 0 Å². The lowest BCUT2D eigenvalue weighted by Crippen LogP contribution is -2.37. The first-order valence-corrected chi connectivity index (χ1v) is 12.6. The van der Waals surface area contributed by atoms with Crippen LogP contribution in [0.5, 0.6) is 0 Å². The second-order valence-corrected chi connectivity index (χ2v) is 10.5. The molecule has 2 aliphatic carbocycles. The van der Waals surface area contributed by atoms with Gasteiger partial charge in [-0.3, -0.25) is 4.90 Å². The number of aliphatic hydroxyl groups is 2. The summed E-state index contributed by atoms with van der Waals surface area (Å²) in [6.45, 7) is 14.2. The molecule has 6 atom stereocenters. The van der Waals surface area contributed by atoms with Crippen molar-refractivity contribution in [3.05, 3.63) is 23.8 Å². The average Bonchev–Trinajstić information content (AvgIpc) is 3.22. The molecule has 3 heteroatoms. The van der Waals surface area contributed by atoms with Crippen molar-refractivity contribution < 1.29 is 10.2 Å². The van der Waals surface area contributed by atoms with E-state index in [1.54, 1.807) is 5.57 Å². The summed E-state index contributed by atoms with van der Waals surface area (Å²) in [5.41, 5.74) is 1.59. The molecule has 0 heterocycles. The van der Waals surface area contributed by atoms with Crippen LogP contribution in [-0.4, -0.2) is 45.9 Å². The lowest BCUT2D eigenvalue weighted by Gasteiger charge is -2.30. The number of fused-ring (bicyclic) bond motifs is 1. The largest absolute Gasteiger partial charge is 0.392 e. The molecule has 2 saturated carbocycles. The minimum absolute atomic E-state index is 0.124. The summed E-state index contributed by atoms with van der Waals surface area (Å²) in [7, 11) is 0. The summed E-state index contributed by atoms with van der Waals surface area (Å²) in [5.74, 6) is 7.40. The second-order valence-electron chi connectivity index (χ2n) is 10.5. The van der Waals surface area contributed by atoms with Gasteiger partial charge in [-0.25, -0.2) is 0 Å². The fourth-order valence-corrected chi connectivity index (χ4v) is 5.61. The molecule has 0 spiro atoms. The van der Waals surface area contributed by atoms with Gasteiger partial charge in [0.1, 0.15) is 0 Å². The van der Waals surface area contributed by atoms with E-state index in [1.165, 1.54) is 25.8 Å². The van der Waals surface area contributed by atoms with Crippen LogP contribution in [0.1, 0.15) is 86.5 Å². The normalized spacial score (nSPS) is 29.2. The van der Waals surface area contributed by atoms with E-state index in [1.807, 2.05) is 19.9 Å². The van der Waals surface area contributed by atoms with Gasteiger partial charge < -0.3 is 10.2 Å². The van der Waals surface area contributed by atoms with E-state index < -0.39 is 6.10 Å². The molecule has 0 unspecified atom stereocenters. The Labute approximate surface area is 192 Å². The predicted molar refractivity (Wildman–Crippen MR) is 132 cm³/mol. The molecule has 2 rings (SSSR count). The van der Waals surface area contributed by atoms with Crippen LogP contribution in [-0.2, 0) is 0 Å². The van der Waals surface area contributed by atoms with Crippen LogP contribution in [0.4, 0.5) is 0 Å². The maximum atomic E-state index is 10.6. The lowest BCUT2D eigenvalue weighted by molar-refractivity contribution is 0.137. The van der Waals surface area contributed by atoms with Crippen LogP contribution in [0.25, 0.3) is 0 Å². The third kappa shape index (κ3) is 7.77. The predicted octanol–water partition coefficient (Wildman–Crippen LogP) is 5.58.